The molecule has 8 heteroatoms. The molecule has 0 bridgehead atoms. The van der Waals surface area contributed by atoms with Crippen molar-refractivity contribution in [1.29, 1.82) is 0 Å². The van der Waals surface area contributed by atoms with Crippen LogP contribution in [-0.4, -0.2) is 30.1 Å². The van der Waals surface area contributed by atoms with E-state index in [1.807, 2.05) is 13.8 Å². The Morgan fingerprint density at radius 2 is 1.62 bits per heavy atom. The molecule has 1 aromatic carbocycles. The van der Waals surface area contributed by atoms with Gasteiger partial charge in [-0.25, -0.2) is 9.59 Å². The maximum absolute atomic E-state index is 12.1. The Morgan fingerprint density at radius 3 is 2.15 bits per heavy atom. The number of ether oxygens (including phenoxy) is 3. The molecule has 0 aromatic heterocycles. The van der Waals surface area contributed by atoms with E-state index in [0.717, 1.165) is 18.9 Å². The van der Waals surface area contributed by atoms with E-state index in [4.69, 9.17) is 14.2 Å². The van der Waals surface area contributed by atoms with E-state index in [0.29, 0.717) is 12.8 Å². The molecule has 0 heterocycles. The molecule has 0 saturated carbocycles. The van der Waals surface area contributed by atoms with Crippen LogP contribution in [0.4, 0.5) is 5.69 Å². The van der Waals surface area contributed by atoms with Crippen molar-refractivity contribution in [2.24, 2.45) is 0 Å². The lowest BCUT2D eigenvalue weighted by molar-refractivity contribution is -0.384. The Morgan fingerprint density at radius 1 is 1.04 bits per heavy atom. The molecule has 0 N–H and O–H groups in total. The molecule has 0 spiro atoms. The highest BCUT2D eigenvalue weighted by atomic mass is 16.6. The predicted molar refractivity (Wildman–Crippen MR) is 93.5 cm³/mol. The summed E-state index contributed by atoms with van der Waals surface area (Å²) in [7, 11) is 0. The topological polar surface area (TPSA) is 105 Å². The van der Waals surface area contributed by atoms with Crippen molar-refractivity contribution in [3.63, 3.8) is 0 Å². The lowest BCUT2D eigenvalue weighted by atomic mass is 10.3. The van der Waals surface area contributed by atoms with E-state index in [9.17, 15) is 19.7 Å². The summed E-state index contributed by atoms with van der Waals surface area (Å²) in [4.78, 5) is 34.1. The van der Waals surface area contributed by atoms with Gasteiger partial charge in [0, 0.05) is 12.1 Å². The van der Waals surface area contributed by atoms with Crippen molar-refractivity contribution < 1.29 is 28.7 Å². The van der Waals surface area contributed by atoms with E-state index in [1.54, 1.807) is 0 Å². The fraction of sp³-hybridized carbons (Fsp3) is 0.444. The minimum Gasteiger partial charge on any atom is -0.462 e. The van der Waals surface area contributed by atoms with Gasteiger partial charge >= 0.3 is 11.9 Å². The van der Waals surface area contributed by atoms with E-state index < -0.39 is 16.9 Å². The molecule has 0 fully saturated rings. The highest BCUT2D eigenvalue weighted by Gasteiger charge is 2.17. The number of nitrogens with zero attached hydrogens (tertiary/aromatic N) is 1. The summed E-state index contributed by atoms with van der Waals surface area (Å²) in [5, 5.41) is 10.7. The van der Waals surface area contributed by atoms with Gasteiger partial charge in [-0.2, -0.15) is 0 Å². The summed E-state index contributed by atoms with van der Waals surface area (Å²) in [6.07, 6.45) is 4.01. The number of unbranched alkanes of at least 4 members (excludes halogenated alkanes) is 2. The number of benzene rings is 1. The summed E-state index contributed by atoms with van der Waals surface area (Å²) < 4.78 is 15.4. The highest BCUT2D eigenvalue weighted by molar-refractivity contribution is 5.95. The summed E-state index contributed by atoms with van der Waals surface area (Å²) in [5.41, 5.74) is -0.118. The van der Waals surface area contributed by atoms with Crippen LogP contribution in [0, 0.1) is 10.1 Å². The molecular formula is C18H23NO7. The molecule has 142 valence electrons. The Labute approximate surface area is 151 Å². The van der Waals surface area contributed by atoms with Crippen molar-refractivity contribution in [1.82, 2.24) is 0 Å². The zero-order chi connectivity index (χ0) is 19.4. The zero-order valence-corrected chi connectivity index (χ0v) is 14.9. The van der Waals surface area contributed by atoms with Crippen molar-refractivity contribution in [2.45, 2.75) is 39.5 Å². The number of non-ortho nitro benzene ring substituents is 1. The molecule has 0 aliphatic rings. The molecule has 0 atom stereocenters. The van der Waals surface area contributed by atoms with Crippen molar-refractivity contribution in [3.8, 4) is 5.75 Å². The number of hydrogen-bond acceptors (Lipinski definition) is 7. The molecule has 1 aromatic rings. The van der Waals surface area contributed by atoms with Gasteiger partial charge in [-0.05, 0) is 25.0 Å². The third-order valence-electron chi connectivity index (χ3n) is 3.20. The maximum atomic E-state index is 12.1. The van der Waals surface area contributed by atoms with Crippen LogP contribution in [0.1, 0.15) is 39.5 Å². The maximum Gasteiger partial charge on any atom is 0.374 e. The second-order valence-corrected chi connectivity index (χ2v) is 5.37. The lowest BCUT2D eigenvalue weighted by Gasteiger charge is -2.10. The minimum atomic E-state index is -0.802. The fourth-order valence-electron chi connectivity index (χ4n) is 1.74. The Bertz CT molecular complexity index is 637. The van der Waals surface area contributed by atoms with Crippen LogP contribution in [0.5, 0.6) is 5.75 Å². The van der Waals surface area contributed by atoms with Gasteiger partial charge < -0.3 is 14.2 Å². The first kappa shape index (κ1) is 21.1. The number of carbonyl (C=O) groups excluding carboxylic acids is 2. The van der Waals surface area contributed by atoms with Crippen LogP contribution < -0.4 is 4.74 Å². The molecule has 0 radical (unpaired) electrons. The van der Waals surface area contributed by atoms with E-state index >= 15 is 0 Å². The largest absolute Gasteiger partial charge is 0.462 e. The first-order valence-corrected chi connectivity index (χ1v) is 8.45. The van der Waals surface area contributed by atoms with Crippen LogP contribution >= 0.6 is 0 Å². The number of nitro benzene ring substituents is 1. The fourth-order valence-corrected chi connectivity index (χ4v) is 1.74. The van der Waals surface area contributed by atoms with Crippen LogP contribution in [0.25, 0.3) is 0 Å². The number of esters is 2. The SMILES string of the molecule is CCCCOC(=O)/C=C(\Oc1ccc([N+](=O)[O-])cc1)C(=O)OCCCC. The number of hydrogen-bond donors (Lipinski definition) is 0. The number of nitro groups is 1. The molecule has 0 saturated heterocycles. The molecule has 0 aliphatic heterocycles. The van der Waals surface area contributed by atoms with Crippen LogP contribution in [0.15, 0.2) is 36.1 Å². The lowest BCUT2D eigenvalue weighted by Crippen LogP contribution is -2.16. The van der Waals surface area contributed by atoms with E-state index in [-0.39, 0.29) is 30.4 Å². The van der Waals surface area contributed by atoms with Gasteiger partial charge in [0.1, 0.15) is 5.75 Å². The third kappa shape index (κ3) is 7.78. The molecule has 0 unspecified atom stereocenters. The summed E-state index contributed by atoms with van der Waals surface area (Å²) in [6, 6.07) is 5.12. The van der Waals surface area contributed by atoms with Gasteiger partial charge in [-0.15, -0.1) is 0 Å². The Balaban J connectivity index is 2.86. The molecule has 1 rings (SSSR count). The quantitative estimate of drug-likeness (QED) is 0.147. The first-order chi connectivity index (χ1) is 12.5. The molecule has 0 aliphatic carbocycles. The van der Waals surface area contributed by atoms with E-state index in [2.05, 4.69) is 0 Å². The molecule has 26 heavy (non-hydrogen) atoms. The molecular weight excluding hydrogens is 342 g/mol. The average molecular weight is 365 g/mol. The predicted octanol–water partition coefficient (Wildman–Crippen LogP) is 3.54. The average Bonchev–Trinajstić information content (AvgIpc) is 2.62. The molecule has 0 amide bonds. The Hall–Kier alpha value is -2.90. The first-order valence-electron chi connectivity index (χ1n) is 8.45. The second kappa shape index (κ2) is 11.6. The zero-order valence-electron chi connectivity index (χ0n) is 14.9. The monoisotopic (exact) mass is 365 g/mol. The van der Waals surface area contributed by atoms with Crippen LogP contribution in [0.3, 0.4) is 0 Å². The highest BCUT2D eigenvalue weighted by Crippen LogP contribution is 2.20. The summed E-state index contributed by atoms with van der Waals surface area (Å²) in [5.74, 6) is -1.70. The van der Waals surface area contributed by atoms with Gasteiger partial charge in [-0.3, -0.25) is 10.1 Å². The summed E-state index contributed by atoms with van der Waals surface area (Å²) in [6.45, 7) is 4.34. The standard InChI is InChI=1S/C18H23NO7/c1-3-5-11-24-17(20)13-16(18(21)25-12-6-4-2)26-15-9-7-14(8-10-15)19(22)23/h7-10,13H,3-6,11-12H2,1-2H3/b16-13-. The van der Waals surface area contributed by atoms with Gasteiger partial charge in [0.05, 0.1) is 24.2 Å². The van der Waals surface area contributed by atoms with Crippen molar-refractivity contribution in [3.05, 3.63) is 46.2 Å². The van der Waals surface area contributed by atoms with Crippen LogP contribution in [0.2, 0.25) is 0 Å². The summed E-state index contributed by atoms with van der Waals surface area (Å²) >= 11 is 0. The van der Waals surface area contributed by atoms with Gasteiger partial charge in [0.25, 0.3) is 5.69 Å². The smallest absolute Gasteiger partial charge is 0.374 e. The normalized spacial score (nSPS) is 10.9. The number of carbonyl (C=O) groups is 2. The van der Waals surface area contributed by atoms with Gasteiger partial charge in [0.2, 0.25) is 5.76 Å². The number of rotatable bonds is 11. The Kier molecular flexibility index (Phi) is 9.45. The van der Waals surface area contributed by atoms with Gasteiger partial charge in [-0.1, -0.05) is 26.7 Å². The third-order valence-corrected chi connectivity index (χ3v) is 3.20. The van der Waals surface area contributed by atoms with E-state index in [1.165, 1.54) is 24.3 Å². The van der Waals surface area contributed by atoms with Crippen molar-refractivity contribution in [2.75, 3.05) is 13.2 Å². The second-order valence-electron chi connectivity index (χ2n) is 5.37. The minimum absolute atomic E-state index is 0.118. The van der Waals surface area contributed by atoms with Crippen molar-refractivity contribution >= 4 is 17.6 Å². The van der Waals surface area contributed by atoms with Gasteiger partial charge in [0.15, 0.2) is 0 Å². The molecule has 8 nitrogen and oxygen atoms in total. The van der Waals surface area contributed by atoms with Crippen LogP contribution in [-0.2, 0) is 19.1 Å².